The van der Waals surface area contributed by atoms with Crippen LogP contribution in [0.2, 0.25) is 0 Å². The molecule has 7 nitrogen and oxygen atoms in total. The van der Waals surface area contributed by atoms with Crippen molar-refractivity contribution in [3.05, 3.63) is 59.7 Å². The number of aliphatic carboxylic acids is 1. The molecule has 1 saturated carbocycles. The normalized spacial score (nSPS) is 21.9. The molecule has 2 aromatic rings. The maximum Gasteiger partial charge on any atom is 0.407 e. The second-order valence-corrected chi connectivity index (χ2v) is 9.98. The number of piperidine rings is 1. The van der Waals surface area contributed by atoms with Crippen molar-refractivity contribution in [2.75, 3.05) is 19.7 Å². The van der Waals surface area contributed by atoms with Crippen molar-refractivity contribution in [2.24, 2.45) is 11.8 Å². The molecule has 1 aliphatic heterocycles. The Morgan fingerprint density at radius 2 is 1.54 bits per heavy atom. The molecule has 1 heterocycles. The Balaban J connectivity index is 1.16. The first-order chi connectivity index (χ1) is 17.0. The van der Waals surface area contributed by atoms with Crippen molar-refractivity contribution in [1.82, 2.24) is 10.2 Å². The minimum absolute atomic E-state index is 0.00116. The van der Waals surface area contributed by atoms with E-state index in [-0.39, 0.29) is 42.7 Å². The summed E-state index contributed by atoms with van der Waals surface area (Å²) in [7, 11) is 0. The maximum absolute atomic E-state index is 13.2. The minimum atomic E-state index is -0.780. The Morgan fingerprint density at radius 1 is 0.914 bits per heavy atom. The molecule has 3 aliphatic rings. The first-order valence-electron chi connectivity index (χ1n) is 12.6. The van der Waals surface area contributed by atoms with Crippen molar-refractivity contribution in [3.8, 4) is 11.1 Å². The van der Waals surface area contributed by atoms with Crippen LogP contribution < -0.4 is 5.32 Å². The number of nitrogens with one attached hydrogen (secondary N) is 1. The molecule has 0 aromatic heterocycles. The molecule has 2 N–H and O–H groups in total. The summed E-state index contributed by atoms with van der Waals surface area (Å²) in [5, 5.41) is 12.0. The van der Waals surface area contributed by atoms with Gasteiger partial charge in [-0.3, -0.25) is 9.59 Å². The number of fused-ring (bicyclic) bond motifs is 3. The maximum atomic E-state index is 13.2. The van der Waals surface area contributed by atoms with E-state index in [0.717, 1.165) is 32.1 Å². The van der Waals surface area contributed by atoms with Crippen LogP contribution in [0.5, 0.6) is 0 Å². The molecular formula is C28H32N2O5. The fourth-order valence-electron chi connectivity index (χ4n) is 6.06. The number of carbonyl (C=O) groups excluding carboxylic acids is 2. The zero-order valence-electron chi connectivity index (χ0n) is 19.8. The fraction of sp³-hybridized carbons (Fsp3) is 0.464. The van der Waals surface area contributed by atoms with Gasteiger partial charge in [-0.15, -0.1) is 0 Å². The van der Waals surface area contributed by atoms with E-state index in [2.05, 4.69) is 29.6 Å². The van der Waals surface area contributed by atoms with Gasteiger partial charge in [0.15, 0.2) is 0 Å². The molecule has 0 radical (unpaired) electrons. The van der Waals surface area contributed by atoms with Gasteiger partial charge in [-0.05, 0) is 53.9 Å². The van der Waals surface area contributed by atoms with Gasteiger partial charge in [0.1, 0.15) is 6.61 Å². The van der Waals surface area contributed by atoms with E-state index in [4.69, 9.17) is 9.84 Å². The van der Waals surface area contributed by atoms with E-state index in [0.29, 0.717) is 13.1 Å². The average Bonchev–Trinajstić information content (AvgIpc) is 3.45. The van der Waals surface area contributed by atoms with E-state index < -0.39 is 12.1 Å². The van der Waals surface area contributed by atoms with Gasteiger partial charge < -0.3 is 20.1 Å². The first-order valence-corrected chi connectivity index (χ1v) is 12.6. The highest BCUT2D eigenvalue weighted by Gasteiger charge is 2.38. The second-order valence-electron chi connectivity index (χ2n) is 9.98. The lowest BCUT2D eigenvalue weighted by Crippen LogP contribution is -2.48. The summed E-state index contributed by atoms with van der Waals surface area (Å²) in [5.41, 5.74) is 4.71. The van der Waals surface area contributed by atoms with Gasteiger partial charge >= 0.3 is 12.1 Å². The number of benzene rings is 2. The molecule has 7 heteroatoms. The lowest BCUT2D eigenvalue weighted by atomic mass is 9.92. The van der Waals surface area contributed by atoms with Gasteiger partial charge in [0.05, 0.1) is 5.92 Å². The van der Waals surface area contributed by atoms with Gasteiger partial charge in [0.25, 0.3) is 0 Å². The van der Waals surface area contributed by atoms with Crippen molar-refractivity contribution in [2.45, 2.75) is 50.5 Å². The molecule has 35 heavy (non-hydrogen) atoms. The number of carboxylic acids is 1. The summed E-state index contributed by atoms with van der Waals surface area (Å²) in [6, 6.07) is 16.2. The predicted molar refractivity (Wildman–Crippen MR) is 131 cm³/mol. The largest absolute Gasteiger partial charge is 0.481 e. The van der Waals surface area contributed by atoms with Crippen molar-refractivity contribution < 1.29 is 24.2 Å². The Morgan fingerprint density at radius 3 is 2.17 bits per heavy atom. The molecule has 2 unspecified atom stereocenters. The molecule has 5 rings (SSSR count). The number of hydrogen-bond donors (Lipinski definition) is 2. The summed E-state index contributed by atoms with van der Waals surface area (Å²) in [5.74, 6) is -0.819. The SMILES string of the molecule is O=C(O)CC1CCN(C(=O)C2CCCC2NC(=O)OCC2c3ccccc3-c3ccccc32)CC1. The van der Waals surface area contributed by atoms with E-state index in [1.54, 1.807) is 0 Å². The molecule has 2 amide bonds. The Kier molecular flexibility index (Phi) is 6.75. The van der Waals surface area contributed by atoms with Gasteiger partial charge in [-0.1, -0.05) is 55.0 Å². The van der Waals surface area contributed by atoms with E-state index in [9.17, 15) is 14.4 Å². The van der Waals surface area contributed by atoms with Crippen LogP contribution in [0.4, 0.5) is 4.79 Å². The molecule has 2 fully saturated rings. The van der Waals surface area contributed by atoms with Crippen molar-refractivity contribution in [3.63, 3.8) is 0 Å². The highest BCUT2D eigenvalue weighted by Crippen LogP contribution is 2.44. The molecule has 0 spiro atoms. The van der Waals surface area contributed by atoms with Crippen LogP contribution in [0.25, 0.3) is 11.1 Å². The van der Waals surface area contributed by atoms with Crippen LogP contribution in [0.15, 0.2) is 48.5 Å². The number of likely N-dealkylation sites (tertiary alicyclic amines) is 1. The van der Waals surface area contributed by atoms with Gasteiger partial charge in [-0.2, -0.15) is 0 Å². The number of nitrogens with zero attached hydrogens (tertiary/aromatic N) is 1. The smallest absolute Gasteiger partial charge is 0.407 e. The Labute approximate surface area is 205 Å². The first kappa shape index (κ1) is 23.4. The summed E-state index contributed by atoms with van der Waals surface area (Å²) < 4.78 is 5.70. The van der Waals surface area contributed by atoms with Crippen molar-refractivity contribution >= 4 is 18.0 Å². The van der Waals surface area contributed by atoms with Gasteiger partial charge in [-0.25, -0.2) is 4.79 Å². The number of carboxylic acid groups (broad SMARTS) is 1. The number of rotatable bonds is 6. The van der Waals surface area contributed by atoms with E-state index in [1.807, 2.05) is 29.2 Å². The molecule has 0 bridgehead atoms. The summed E-state index contributed by atoms with van der Waals surface area (Å²) >= 11 is 0. The molecule has 2 atom stereocenters. The monoisotopic (exact) mass is 476 g/mol. The lowest BCUT2D eigenvalue weighted by Gasteiger charge is -2.34. The second kappa shape index (κ2) is 10.1. The Bertz CT molecular complexity index is 1060. The molecular weight excluding hydrogens is 444 g/mol. The van der Waals surface area contributed by atoms with Crippen molar-refractivity contribution in [1.29, 1.82) is 0 Å². The predicted octanol–water partition coefficient (Wildman–Crippen LogP) is 4.41. The third kappa shape index (κ3) is 4.90. The number of carbonyl (C=O) groups is 3. The van der Waals surface area contributed by atoms with Gasteiger partial charge in [0.2, 0.25) is 5.91 Å². The van der Waals surface area contributed by atoms with Crippen LogP contribution in [0, 0.1) is 11.8 Å². The van der Waals surface area contributed by atoms with E-state index in [1.165, 1.54) is 22.3 Å². The minimum Gasteiger partial charge on any atom is -0.481 e. The molecule has 2 aromatic carbocycles. The van der Waals surface area contributed by atoms with E-state index >= 15 is 0 Å². The highest BCUT2D eigenvalue weighted by atomic mass is 16.5. The number of hydrogen-bond acceptors (Lipinski definition) is 4. The number of amides is 2. The standard InChI is InChI=1S/C28H32N2O5/c31-26(32)16-18-12-14-30(15-13-18)27(33)23-10-5-11-25(23)29-28(34)35-17-24-21-8-3-1-6-19(21)20-7-2-4-9-22(20)24/h1-4,6-9,18,23-25H,5,10-17H2,(H,29,34)(H,31,32). The molecule has 2 aliphatic carbocycles. The quantitative estimate of drug-likeness (QED) is 0.644. The summed E-state index contributed by atoms with van der Waals surface area (Å²) in [6.45, 7) is 1.43. The fourth-order valence-corrected chi connectivity index (χ4v) is 6.06. The van der Waals surface area contributed by atoms with Crippen LogP contribution in [-0.4, -0.2) is 53.7 Å². The molecule has 184 valence electrons. The topological polar surface area (TPSA) is 95.9 Å². The number of alkyl carbamates (subject to hydrolysis) is 1. The summed E-state index contributed by atoms with van der Waals surface area (Å²) in [4.78, 5) is 38.7. The van der Waals surface area contributed by atoms with Crippen LogP contribution in [0.3, 0.4) is 0 Å². The lowest BCUT2D eigenvalue weighted by molar-refractivity contribution is -0.139. The third-order valence-corrected chi connectivity index (χ3v) is 7.87. The zero-order valence-corrected chi connectivity index (χ0v) is 19.8. The van der Waals surface area contributed by atoms with Crippen LogP contribution in [0.1, 0.15) is 55.6 Å². The third-order valence-electron chi connectivity index (χ3n) is 7.87. The summed E-state index contributed by atoms with van der Waals surface area (Å²) in [6.07, 6.45) is 3.53. The van der Waals surface area contributed by atoms with Crippen LogP contribution in [-0.2, 0) is 14.3 Å². The Hall–Kier alpha value is -3.35. The average molecular weight is 477 g/mol. The zero-order chi connectivity index (χ0) is 24.4. The number of ether oxygens (including phenoxy) is 1. The van der Waals surface area contributed by atoms with Gasteiger partial charge in [0, 0.05) is 31.5 Å². The molecule has 1 saturated heterocycles. The van der Waals surface area contributed by atoms with Crippen LogP contribution >= 0.6 is 0 Å². The highest BCUT2D eigenvalue weighted by molar-refractivity contribution is 5.81.